The third-order valence-corrected chi connectivity index (χ3v) is 1.86. The molecule has 0 spiro atoms. The SMILES string of the molecule is CCC(C)(CC)OC(F)(F)F. The molecule has 0 bridgehead atoms. The van der Waals surface area contributed by atoms with Crippen molar-refractivity contribution in [1.82, 2.24) is 0 Å². The van der Waals surface area contributed by atoms with Gasteiger partial charge in [-0.2, -0.15) is 0 Å². The van der Waals surface area contributed by atoms with Gasteiger partial charge in [0.2, 0.25) is 0 Å². The summed E-state index contributed by atoms with van der Waals surface area (Å²) in [4.78, 5) is 0. The molecule has 0 aliphatic heterocycles. The number of hydrogen-bond donors (Lipinski definition) is 0. The molecule has 0 fully saturated rings. The summed E-state index contributed by atoms with van der Waals surface area (Å²) in [5.41, 5.74) is -1.06. The molecule has 68 valence electrons. The molecule has 0 amide bonds. The normalized spacial score (nSPS) is 13.6. The lowest BCUT2D eigenvalue weighted by molar-refractivity contribution is -0.365. The van der Waals surface area contributed by atoms with Gasteiger partial charge in [0, 0.05) is 0 Å². The first-order valence-corrected chi connectivity index (χ1v) is 3.60. The van der Waals surface area contributed by atoms with Crippen molar-refractivity contribution in [3.05, 3.63) is 0 Å². The van der Waals surface area contributed by atoms with Crippen LogP contribution in [-0.2, 0) is 4.74 Å². The molecule has 0 N–H and O–H groups in total. The van der Waals surface area contributed by atoms with Gasteiger partial charge in [0.15, 0.2) is 0 Å². The van der Waals surface area contributed by atoms with E-state index in [-0.39, 0.29) is 0 Å². The molecule has 0 unspecified atom stereocenters. The van der Waals surface area contributed by atoms with E-state index >= 15 is 0 Å². The first-order valence-electron chi connectivity index (χ1n) is 3.60. The minimum atomic E-state index is -4.51. The maximum Gasteiger partial charge on any atom is 0.523 e. The second kappa shape index (κ2) is 3.43. The van der Waals surface area contributed by atoms with Crippen LogP contribution in [0.3, 0.4) is 0 Å². The highest BCUT2D eigenvalue weighted by Gasteiger charge is 2.38. The summed E-state index contributed by atoms with van der Waals surface area (Å²) in [5, 5.41) is 0. The maximum atomic E-state index is 11.7. The average Bonchev–Trinajstić information content (AvgIpc) is 1.84. The minimum Gasteiger partial charge on any atom is -0.286 e. The lowest BCUT2D eigenvalue weighted by Crippen LogP contribution is -2.33. The Morgan fingerprint density at radius 1 is 1.09 bits per heavy atom. The van der Waals surface area contributed by atoms with Gasteiger partial charge in [-0.15, -0.1) is 13.2 Å². The highest BCUT2D eigenvalue weighted by molar-refractivity contribution is 4.70. The van der Waals surface area contributed by atoms with Crippen molar-refractivity contribution in [3.8, 4) is 0 Å². The van der Waals surface area contributed by atoms with Crippen molar-refractivity contribution in [2.45, 2.75) is 45.6 Å². The number of alkyl halides is 3. The summed E-state index contributed by atoms with van der Waals surface area (Å²) in [6.45, 7) is 4.81. The van der Waals surface area contributed by atoms with Crippen LogP contribution in [-0.4, -0.2) is 12.0 Å². The molecule has 0 aromatic heterocycles. The van der Waals surface area contributed by atoms with E-state index in [1.807, 2.05) is 0 Å². The minimum absolute atomic E-state index is 0.364. The first kappa shape index (κ1) is 10.8. The van der Waals surface area contributed by atoms with E-state index in [2.05, 4.69) is 4.74 Å². The van der Waals surface area contributed by atoms with Gasteiger partial charge in [0.05, 0.1) is 5.60 Å². The molecule has 0 aliphatic rings. The monoisotopic (exact) mass is 170 g/mol. The highest BCUT2D eigenvalue weighted by Crippen LogP contribution is 2.29. The number of ether oxygens (including phenoxy) is 1. The van der Waals surface area contributed by atoms with Gasteiger partial charge in [0.1, 0.15) is 0 Å². The largest absolute Gasteiger partial charge is 0.523 e. The van der Waals surface area contributed by atoms with Gasteiger partial charge < -0.3 is 0 Å². The Bertz CT molecular complexity index is 115. The standard InChI is InChI=1S/C7H13F3O/c1-4-6(3,5-2)11-7(8,9)10/h4-5H2,1-3H3. The average molecular weight is 170 g/mol. The van der Waals surface area contributed by atoms with E-state index in [1.54, 1.807) is 13.8 Å². The second-order valence-corrected chi connectivity index (χ2v) is 2.70. The maximum absolute atomic E-state index is 11.7. The molecule has 11 heavy (non-hydrogen) atoms. The first-order chi connectivity index (χ1) is 4.83. The molecule has 4 heteroatoms. The third-order valence-electron chi connectivity index (χ3n) is 1.86. The Labute approximate surface area is 64.5 Å². The molecule has 0 aliphatic carbocycles. The Balaban J connectivity index is 4.08. The molecule has 0 rings (SSSR count). The van der Waals surface area contributed by atoms with Crippen LogP contribution in [0.1, 0.15) is 33.6 Å². The zero-order chi connectivity index (χ0) is 9.12. The summed E-state index contributed by atoms with van der Waals surface area (Å²) >= 11 is 0. The van der Waals surface area contributed by atoms with Gasteiger partial charge >= 0.3 is 6.36 Å². The molecule has 0 heterocycles. The number of hydrogen-bond acceptors (Lipinski definition) is 1. The predicted octanol–water partition coefficient (Wildman–Crippen LogP) is 3.10. The Morgan fingerprint density at radius 3 is 1.55 bits per heavy atom. The van der Waals surface area contributed by atoms with Crippen molar-refractivity contribution >= 4 is 0 Å². The summed E-state index contributed by atoms with van der Waals surface area (Å²) in [7, 11) is 0. The lowest BCUT2D eigenvalue weighted by atomic mass is 10.0. The molecular weight excluding hydrogens is 157 g/mol. The highest BCUT2D eigenvalue weighted by atomic mass is 19.4. The molecule has 1 nitrogen and oxygen atoms in total. The predicted molar refractivity (Wildman–Crippen MR) is 36.1 cm³/mol. The molecule has 0 saturated heterocycles. The lowest BCUT2D eigenvalue weighted by Gasteiger charge is -2.27. The van der Waals surface area contributed by atoms with Crippen LogP contribution in [0.5, 0.6) is 0 Å². The van der Waals surface area contributed by atoms with E-state index in [4.69, 9.17) is 0 Å². The van der Waals surface area contributed by atoms with Crippen molar-refractivity contribution in [2.75, 3.05) is 0 Å². The van der Waals surface area contributed by atoms with E-state index in [0.29, 0.717) is 12.8 Å². The summed E-state index contributed by atoms with van der Waals surface area (Å²) in [5.74, 6) is 0. The van der Waals surface area contributed by atoms with Gasteiger partial charge in [-0.05, 0) is 19.8 Å². The Morgan fingerprint density at radius 2 is 1.45 bits per heavy atom. The van der Waals surface area contributed by atoms with E-state index < -0.39 is 12.0 Å². The molecule has 0 saturated carbocycles. The smallest absolute Gasteiger partial charge is 0.286 e. The molecule has 0 aromatic carbocycles. The van der Waals surface area contributed by atoms with Gasteiger partial charge in [0.25, 0.3) is 0 Å². The van der Waals surface area contributed by atoms with Crippen molar-refractivity contribution in [3.63, 3.8) is 0 Å². The van der Waals surface area contributed by atoms with Crippen molar-refractivity contribution < 1.29 is 17.9 Å². The van der Waals surface area contributed by atoms with Crippen LogP contribution in [0.15, 0.2) is 0 Å². The Kier molecular flexibility index (Phi) is 3.35. The van der Waals surface area contributed by atoms with Crippen LogP contribution >= 0.6 is 0 Å². The number of rotatable bonds is 3. The van der Waals surface area contributed by atoms with Crippen LogP contribution in [0.25, 0.3) is 0 Å². The van der Waals surface area contributed by atoms with Crippen molar-refractivity contribution in [2.24, 2.45) is 0 Å². The number of halogens is 3. The van der Waals surface area contributed by atoms with Crippen LogP contribution in [0.2, 0.25) is 0 Å². The molecule has 0 atom stereocenters. The second-order valence-electron chi connectivity index (χ2n) is 2.70. The quantitative estimate of drug-likeness (QED) is 0.632. The van der Waals surface area contributed by atoms with E-state index in [1.165, 1.54) is 6.92 Å². The molecule has 0 radical (unpaired) electrons. The van der Waals surface area contributed by atoms with E-state index in [9.17, 15) is 13.2 Å². The van der Waals surface area contributed by atoms with Crippen LogP contribution < -0.4 is 0 Å². The fourth-order valence-electron chi connectivity index (χ4n) is 0.674. The summed E-state index contributed by atoms with van der Waals surface area (Å²) in [6, 6.07) is 0. The topological polar surface area (TPSA) is 9.23 Å². The summed E-state index contributed by atoms with van der Waals surface area (Å²) in [6.07, 6.45) is -3.78. The third kappa shape index (κ3) is 4.24. The molecular formula is C7H13F3O. The zero-order valence-electron chi connectivity index (χ0n) is 6.96. The Hall–Kier alpha value is -0.250. The fraction of sp³-hybridized carbons (Fsp3) is 1.00. The van der Waals surface area contributed by atoms with Crippen molar-refractivity contribution in [1.29, 1.82) is 0 Å². The van der Waals surface area contributed by atoms with Crippen LogP contribution in [0.4, 0.5) is 13.2 Å². The zero-order valence-corrected chi connectivity index (χ0v) is 6.96. The fourth-order valence-corrected chi connectivity index (χ4v) is 0.674. The van der Waals surface area contributed by atoms with Gasteiger partial charge in [-0.3, -0.25) is 4.74 Å². The van der Waals surface area contributed by atoms with Crippen LogP contribution in [0, 0.1) is 0 Å². The summed E-state index contributed by atoms with van der Waals surface area (Å²) < 4.78 is 39.0. The molecule has 0 aromatic rings. The van der Waals surface area contributed by atoms with E-state index in [0.717, 1.165) is 0 Å². The van der Waals surface area contributed by atoms with Gasteiger partial charge in [-0.1, -0.05) is 13.8 Å². The van der Waals surface area contributed by atoms with Gasteiger partial charge in [-0.25, -0.2) is 0 Å².